The first-order valence-electron chi connectivity index (χ1n) is 13.0. The van der Waals surface area contributed by atoms with Crippen molar-refractivity contribution in [2.24, 2.45) is 0 Å². The van der Waals surface area contributed by atoms with Crippen LogP contribution in [-0.2, 0) is 9.16 Å². The minimum absolute atomic E-state index is 0.388. The zero-order valence-corrected chi connectivity index (χ0v) is 28.8. The molecule has 0 N–H and O–H groups in total. The maximum atomic E-state index is 7.57. The summed E-state index contributed by atoms with van der Waals surface area (Å²) in [6, 6.07) is 11.3. The van der Waals surface area contributed by atoms with Gasteiger partial charge >= 0.3 is 0 Å². The van der Waals surface area contributed by atoms with E-state index in [2.05, 4.69) is 116 Å². The summed E-state index contributed by atoms with van der Waals surface area (Å²) in [5.74, 6) is 0.888. The first-order chi connectivity index (χ1) is 14.9. The van der Waals surface area contributed by atoms with E-state index in [1.165, 1.54) is 18.4 Å². The first kappa shape index (κ1) is 27.2. The summed E-state index contributed by atoms with van der Waals surface area (Å²) in [6.07, 6.45) is 2.77. The van der Waals surface area contributed by atoms with Crippen molar-refractivity contribution >= 4 is 45.8 Å². The van der Waals surface area contributed by atoms with Crippen molar-refractivity contribution < 1.29 is 9.16 Å². The van der Waals surface area contributed by atoms with Crippen LogP contribution in [0.1, 0.15) is 25.3 Å². The third-order valence-electron chi connectivity index (χ3n) is 9.34. The minimum atomic E-state index is -2.45. The van der Waals surface area contributed by atoms with Gasteiger partial charge < -0.3 is 9.16 Å². The molecule has 1 spiro atoms. The Kier molecular flexibility index (Phi) is 6.67. The molecule has 2 aliphatic rings. The fourth-order valence-electron chi connectivity index (χ4n) is 9.05. The molecule has 1 saturated heterocycles. The highest BCUT2D eigenvalue weighted by Crippen LogP contribution is 2.81. The molecule has 1 fully saturated rings. The molecule has 0 aliphatic carbocycles. The summed E-state index contributed by atoms with van der Waals surface area (Å²) in [4.78, 5) is 0. The second-order valence-electron chi connectivity index (χ2n) is 14.6. The van der Waals surface area contributed by atoms with Gasteiger partial charge in [0.05, 0.1) is 11.8 Å². The molecule has 33 heavy (non-hydrogen) atoms. The fourth-order valence-corrected chi connectivity index (χ4v) is 57.9. The average Bonchev–Trinajstić information content (AvgIpc) is 2.97. The predicted molar refractivity (Wildman–Crippen MR) is 160 cm³/mol. The molecule has 2 aliphatic heterocycles. The largest absolute Gasteiger partial charge is 0.514 e. The molecule has 2 heterocycles. The van der Waals surface area contributed by atoms with E-state index in [1.54, 1.807) is 5.20 Å². The van der Waals surface area contributed by atoms with E-state index in [9.17, 15) is 0 Å². The Morgan fingerprint density at radius 1 is 0.727 bits per heavy atom. The first-order valence-corrected chi connectivity index (χ1v) is 28.9. The molecule has 2 nitrogen and oxygen atoms in total. The Bertz CT molecular complexity index is 843. The Balaban J connectivity index is 2.58. The van der Waals surface area contributed by atoms with Crippen LogP contribution in [0.5, 0.6) is 0 Å². The highest BCUT2D eigenvalue weighted by molar-refractivity contribution is 7.31. The molecule has 0 bridgehead atoms. The summed E-state index contributed by atoms with van der Waals surface area (Å²) >= 11 is 0. The van der Waals surface area contributed by atoms with Gasteiger partial charge in [0.25, 0.3) is 14.3 Å². The lowest BCUT2D eigenvalue weighted by atomic mass is 10.2. The van der Waals surface area contributed by atoms with Crippen molar-refractivity contribution in [2.45, 2.75) is 107 Å². The van der Waals surface area contributed by atoms with Crippen LogP contribution in [0, 0.1) is 0 Å². The Labute approximate surface area is 209 Å². The van der Waals surface area contributed by atoms with Crippen LogP contribution in [0.2, 0.25) is 87.1 Å². The van der Waals surface area contributed by atoms with Crippen LogP contribution in [0.3, 0.4) is 0 Å². The number of hydrogen-bond donors (Lipinski definition) is 0. The van der Waals surface area contributed by atoms with Gasteiger partial charge in [-0.25, -0.2) is 0 Å². The van der Waals surface area contributed by atoms with Crippen LogP contribution in [0.15, 0.2) is 36.3 Å². The molecule has 1 aromatic rings. The maximum absolute atomic E-state index is 7.57. The molecule has 0 aromatic heterocycles. The molecule has 0 unspecified atom stereocenters. The minimum Gasteiger partial charge on any atom is -0.514 e. The fraction of sp³-hybridized carbons (Fsp3) is 0.692. The smallest absolute Gasteiger partial charge is 0.296 e. The topological polar surface area (TPSA) is 18.5 Å². The zero-order chi connectivity index (χ0) is 25.3. The highest BCUT2D eigenvalue weighted by atomic mass is 28.5. The van der Waals surface area contributed by atoms with Gasteiger partial charge in [-0.15, -0.1) is 0 Å². The monoisotopic (exact) mass is 534 g/mol. The van der Waals surface area contributed by atoms with Crippen LogP contribution in [0.25, 0.3) is 5.20 Å². The summed E-state index contributed by atoms with van der Waals surface area (Å²) in [5, 5.41) is 1.57. The van der Waals surface area contributed by atoms with E-state index in [-0.39, 0.29) is 0 Å². The SMILES string of the molecule is CCOC1=C(c2ccccc2)[Si]2(O1)C([Si](C)(C)C)([Si](C)(C)C)CCC2([Si](C)(C)C)[Si](C)(C)C. The van der Waals surface area contributed by atoms with Gasteiger partial charge in [-0.05, 0) is 21.1 Å². The van der Waals surface area contributed by atoms with Crippen LogP contribution < -0.4 is 0 Å². The Morgan fingerprint density at radius 2 is 1.12 bits per heavy atom. The van der Waals surface area contributed by atoms with Crippen molar-refractivity contribution in [1.29, 1.82) is 0 Å². The van der Waals surface area contributed by atoms with Gasteiger partial charge in [0.2, 0.25) is 0 Å². The van der Waals surface area contributed by atoms with Crippen molar-refractivity contribution in [3.63, 3.8) is 0 Å². The van der Waals surface area contributed by atoms with Gasteiger partial charge in [-0.2, -0.15) is 0 Å². The number of rotatable bonds is 7. The normalized spacial score (nSPS) is 22.2. The predicted octanol–water partition coefficient (Wildman–Crippen LogP) is 8.69. The molecule has 3 rings (SSSR count). The number of benzene rings is 1. The molecule has 0 saturated carbocycles. The van der Waals surface area contributed by atoms with E-state index in [4.69, 9.17) is 9.16 Å². The maximum Gasteiger partial charge on any atom is 0.296 e. The van der Waals surface area contributed by atoms with Crippen molar-refractivity contribution in [1.82, 2.24) is 0 Å². The molecular formula is C26H50O2Si5. The second-order valence-corrected chi connectivity index (χ2v) is 42.7. The standard InChI is InChI=1S/C26H50O2Si5/c1-14-27-24-23(22-18-16-15-17-19-22)33(28-24)25(29(2,3)4,30(5,6)7)20-21-26(33,31(8,9)10)32(11,12)13/h15-19H,14,20-21H2,1-13H3. The summed E-state index contributed by atoms with van der Waals surface area (Å²) in [5.41, 5.74) is 1.39. The molecule has 0 atom stereocenters. The van der Waals surface area contributed by atoms with E-state index < -0.39 is 40.6 Å². The molecule has 7 heteroatoms. The third-order valence-corrected chi connectivity index (χ3v) is 47.4. The van der Waals surface area contributed by atoms with Gasteiger partial charge in [0.15, 0.2) is 0 Å². The van der Waals surface area contributed by atoms with Crippen LogP contribution >= 0.6 is 0 Å². The number of hydrogen-bond acceptors (Lipinski definition) is 2. The Morgan fingerprint density at radius 3 is 1.45 bits per heavy atom. The van der Waals surface area contributed by atoms with E-state index >= 15 is 0 Å². The number of ether oxygens (including phenoxy) is 1. The lowest BCUT2D eigenvalue weighted by molar-refractivity contribution is 0.0978. The van der Waals surface area contributed by atoms with Gasteiger partial charge in [-0.3, -0.25) is 0 Å². The lowest BCUT2D eigenvalue weighted by Gasteiger charge is -2.69. The zero-order valence-electron chi connectivity index (χ0n) is 23.8. The molecule has 0 amide bonds. The van der Waals surface area contributed by atoms with Crippen molar-refractivity contribution in [3.8, 4) is 0 Å². The van der Waals surface area contributed by atoms with Crippen molar-refractivity contribution in [2.75, 3.05) is 6.61 Å². The molecule has 186 valence electrons. The Hall–Kier alpha value is -0.356. The average molecular weight is 535 g/mol. The van der Waals surface area contributed by atoms with Crippen molar-refractivity contribution in [3.05, 3.63) is 41.8 Å². The summed E-state index contributed by atoms with van der Waals surface area (Å²) < 4.78 is 14.7. The van der Waals surface area contributed by atoms with E-state index in [1.807, 2.05) is 0 Å². The van der Waals surface area contributed by atoms with E-state index in [0.717, 1.165) is 5.95 Å². The quantitative estimate of drug-likeness (QED) is 0.326. The van der Waals surface area contributed by atoms with Gasteiger partial charge in [0, 0.05) is 32.3 Å². The van der Waals surface area contributed by atoms with Crippen LogP contribution in [-0.4, -0.2) is 47.2 Å². The van der Waals surface area contributed by atoms with Gasteiger partial charge in [-0.1, -0.05) is 122 Å². The molecule has 0 radical (unpaired) electrons. The molecular weight excluding hydrogens is 485 g/mol. The summed E-state index contributed by atoms with van der Waals surface area (Å²) in [7, 11) is -8.99. The summed E-state index contributed by atoms with van der Waals surface area (Å²) in [6.45, 7) is 34.9. The second kappa shape index (κ2) is 8.08. The van der Waals surface area contributed by atoms with Crippen LogP contribution in [0.4, 0.5) is 0 Å². The third kappa shape index (κ3) is 3.38. The molecule has 1 aromatic carbocycles. The van der Waals surface area contributed by atoms with Gasteiger partial charge in [0.1, 0.15) is 0 Å². The van der Waals surface area contributed by atoms with E-state index in [0.29, 0.717) is 15.2 Å². The highest BCUT2D eigenvalue weighted by Gasteiger charge is 2.87. The lowest BCUT2D eigenvalue weighted by Crippen LogP contribution is -2.80.